The Morgan fingerprint density at radius 3 is 2.93 bits per heavy atom. The summed E-state index contributed by atoms with van der Waals surface area (Å²) in [6.45, 7) is 0.286. The van der Waals surface area contributed by atoms with Crippen molar-refractivity contribution >= 4 is 17.8 Å². The standard InChI is InChI=1S/C20H22F2N6O2/c1-25-19(30)28-7-4-15(10-16(28)24-25)27-6-2-3-13-9-14(11-23-17(13)27)18(29)26-8-5-20(21,22)12-26/h4,7,9-11,16,24H,2-3,5-6,8,12H2,1H3. The topological polar surface area (TPSA) is 72.0 Å². The molecule has 30 heavy (non-hydrogen) atoms. The Morgan fingerprint density at radius 2 is 2.17 bits per heavy atom. The minimum Gasteiger partial charge on any atom is -0.332 e. The number of carbonyl (C=O) groups excluding carboxylic acids is 2. The van der Waals surface area contributed by atoms with E-state index in [2.05, 4.69) is 15.3 Å². The van der Waals surface area contributed by atoms with Crippen molar-refractivity contribution in [3.8, 4) is 0 Å². The number of likely N-dealkylation sites (tertiary alicyclic amines) is 1. The van der Waals surface area contributed by atoms with E-state index in [-0.39, 0.29) is 25.2 Å². The Hall–Kier alpha value is -3.01. The lowest BCUT2D eigenvalue weighted by Gasteiger charge is -2.33. The normalized spacial score (nSPS) is 24.8. The van der Waals surface area contributed by atoms with Gasteiger partial charge in [-0.25, -0.2) is 24.0 Å². The van der Waals surface area contributed by atoms with Crippen LogP contribution >= 0.6 is 0 Å². The first-order chi connectivity index (χ1) is 14.3. The minimum absolute atomic E-state index is 0.0603. The van der Waals surface area contributed by atoms with Crippen LogP contribution in [0.2, 0.25) is 0 Å². The molecule has 1 aromatic rings. The van der Waals surface area contributed by atoms with Crippen LogP contribution in [0.1, 0.15) is 28.8 Å². The molecule has 8 nitrogen and oxygen atoms in total. The number of allylic oxidation sites excluding steroid dienone is 1. The molecule has 5 rings (SSSR count). The molecule has 1 unspecified atom stereocenters. The van der Waals surface area contributed by atoms with Gasteiger partial charge in [-0.1, -0.05) is 0 Å². The number of urea groups is 1. The number of aryl methyl sites for hydroxylation is 1. The summed E-state index contributed by atoms with van der Waals surface area (Å²) in [5, 5.41) is 1.44. The maximum absolute atomic E-state index is 13.5. The lowest BCUT2D eigenvalue weighted by atomic mass is 10.0. The van der Waals surface area contributed by atoms with E-state index in [4.69, 9.17) is 0 Å². The first-order valence-electron chi connectivity index (χ1n) is 9.98. The molecule has 0 saturated carbocycles. The summed E-state index contributed by atoms with van der Waals surface area (Å²) in [6, 6.07) is 1.65. The Morgan fingerprint density at radius 1 is 1.33 bits per heavy atom. The van der Waals surface area contributed by atoms with E-state index < -0.39 is 18.4 Å². The molecule has 2 fully saturated rings. The number of nitrogens with zero attached hydrogens (tertiary/aromatic N) is 5. The van der Waals surface area contributed by atoms with Crippen LogP contribution in [0.3, 0.4) is 0 Å². The third kappa shape index (κ3) is 3.11. The van der Waals surface area contributed by atoms with Gasteiger partial charge in [0.25, 0.3) is 11.8 Å². The van der Waals surface area contributed by atoms with Crippen molar-refractivity contribution in [2.75, 3.05) is 31.6 Å². The molecule has 1 atom stereocenters. The van der Waals surface area contributed by atoms with Gasteiger partial charge in [-0.05, 0) is 36.6 Å². The average molecular weight is 416 g/mol. The maximum atomic E-state index is 13.5. The first kappa shape index (κ1) is 19.0. The van der Waals surface area contributed by atoms with Crippen LogP contribution in [-0.2, 0) is 6.42 Å². The number of aromatic nitrogens is 1. The summed E-state index contributed by atoms with van der Waals surface area (Å²) < 4.78 is 27.0. The summed E-state index contributed by atoms with van der Waals surface area (Å²) in [7, 11) is 1.68. The van der Waals surface area contributed by atoms with Gasteiger partial charge < -0.3 is 9.80 Å². The summed E-state index contributed by atoms with van der Waals surface area (Å²) in [5.74, 6) is -2.46. The number of hydrogen-bond donors (Lipinski definition) is 1. The van der Waals surface area contributed by atoms with Gasteiger partial charge in [0, 0.05) is 44.7 Å². The van der Waals surface area contributed by atoms with Crippen molar-refractivity contribution in [3.05, 3.63) is 47.4 Å². The number of amides is 3. The Balaban J connectivity index is 1.39. The summed E-state index contributed by atoms with van der Waals surface area (Å²) in [5.41, 5.74) is 5.26. The second kappa shape index (κ2) is 6.76. The molecule has 158 valence electrons. The van der Waals surface area contributed by atoms with E-state index >= 15 is 0 Å². The number of halogens is 2. The number of alkyl halides is 2. The van der Waals surface area contributed by atoms with Gasteiger partial charge in [-0.2, -0.15) is 0 Å². The van der Waals surface area contributed by atoms with Crippen molar-refractivity contribution < 1.29 is 18.4 Å². The number of hydrazine groups is 1. The molecule has 1 N–H and O–H groups in total. The van der Waals surface area contributed by atoms with E-state index in [0.29, 0.717) is 5.56 Å². The van der Waals surface area contributed by atoms with Crippen molar-refractivity contribution in [1.82, 2.24) is 25.2 Å². The molecule has 0 spiro atoms. The Labute approximate surface area is 172 Å². The number of fused-ring (bicyclic) bond motifs is 2. The van der Waals surface area contributed by atoms with Gasteiger partial charge in [-0.15, -0.1) is 0 Å². The van der Waals surface area contributed by atoms with Crippen LogP contribution < -0.4 is 10.3 Å². The Kier molecular flexibility index (Phi) is 4.28. The fourth-order valence-corrected chi connectivity index (χ4v) is 4.36. The molecule has 0 radical (unpaired) electrons. The SMILES string of the molecule is CN1NC2C=C(N3CCCc4cc(C(=O)N5CCC(F)(F)C5)cnc43)C=CN2C1=O. The maximum Gasteiger partial charge on any atom is 0.339 e. The molecule has 10 heteroatoms. The highest BCUT2D eigenvalue weighted by Crippen LogP contribution is 2.32. The number of pyridine rings is 1. The van der Waals surface area contributed by atoms with Crippen LogP contribution in [-0.4, -0.2) is 70.5 Å². The van der Waals surface area contributed by atoms with Crippen LogP contribution in [0.4, 0.5) is 19.4 Å². The Bertz CT molecular complexity index is 978. The average Bonchev–Trinajstić information content (AvgIpc) is 3.24. The lowest BCUT2D eigenvalue weighted by Crippen LogP contribution is -2.38. The van der Waals surface area contributed by atoms with Gasteiger partial charge in [0.2, 0.25) is 0 Å². The predicted octanol–water partition coefficient (Wildman–Crippen LogP) is 1.92. The van der Waals surface area contributed by atoms with Crippen LogP contribution in [0.15, 0.2) is 36.3 Å². The zero-order valence-electron chi connectivity index (χ0n) is 16.5. The van der Waals surface area contributed by atoms with Crippen LogP contribution in [0.25, 0.3) is 0 Å². The van der Waals surface area contributed by atoms with Gasteiger partial charge in [0.1, 0.15) is 12.0 Å². The van der Waals surface area contributed by atoms with E-state index in [1.165, 1.54) is 16.1 Å². The molecule has 0 aromatic carbocycles. The monoisotopic (exact) mass is 416 g/mol. The zero-order valence-corrected chi connectivity index (χ0v) is 16.5. The van der Waals surface area contributed by atoms with Crippen LogP contribution in [0.5, 0.6) is 0 Å². The van der Waals surface area contributed by atoms with Crippen molar-refractivity contribution in [3.63, 3.8) is 0 Å². The van der Waals surface area contributed by atoms with Gasteiger partial charge in [-0.3, -0.25) is 14.7 Å². The quantitative estimate of drug-likeness (QED) is 0.798. The van der Waals surface area contributed by atoms with Gasteiger partial charge in [0.15, 0.2) is 0 Å². The molecule has 4 aliphatic rings. The molecule has 4 aliphatic heterocycles. The van der Waals surface area contributed by atoms with Gasteiger partial charge >= 0.3 is 6.03 Å². The van der Waals surface area contributed by atoms with Gasteiger partial charge in [0.05, 0.1) is 12.1 Å². The highest BCUT2D eigenvalue weighted by molar-refractivity contribution is 5.94. The molecule has 2 saturated heterocycles. The number of rotatable bonds is 2. The number of anilines is 1. The molecule has 0 aliphatic carbocycles. The third-order valence-corrected chi connectivity index (χ3v) is 5.91. The second-order valence-electron chi connectivity index (χ2n) is 8.02. The highest BCUT2D eigenvalue weighted by Gasteiger charge is 2.41. The molecule has 3 amide bonds. The summed E-state index contributed by atoms with van der Waals surface area (Å²) in [4.78, 5) is 34.1. The minimum atomic E-state index is -2.81. The van der Waals surface area contributed by atoms with Crippen molar-refractivity contribution in [2.45, 2.75) is 31.4 Å². The molecule has 1 aromatic heterocycles. The highest BCUT2D eigenvalue weighted by atomic mass is 19.3. The van der Waals surface area contributed by atoms with Crippen LogP contribution in [0, 0.1) is 0 Å². The lowest BCUT2D eigenvalue weighted by molar-refractivity contribution is 0.0120. The van der Waals surface area contributed by atoms with E-state index in [9.17, 15) is 18.4 Å². The zero-order chi connectivity index (χ0) is 21.0. The predicted molar refractivity (Wildman–Crippen MR) is 105 cm³/mol. The number of carbonyl (C=O) groups is 2. The fraction of sp³-hybridized carbons (Fsp3) is 0.450. The fourth-order valence-electron chi connectivity index (χ4n) is 4.36. The summed E-state index contributed by atoms with van der Waals surface area (Å²) >= 11 is 0. The first-order valence-corrected chi connectivity index (χ1v) is 9.98. The van der Waals surface area contributed by atoms with E-state index in [0.717, 1.165) is 36.5 Å². The molecular weight excluding hydrogens is 394 g/mol. The second-order valence-corrected chi connectivity index (χ2v) is 8.02. The molecule has 5 heterocycles. The summed E-state index contributed by atoms with van der Waals surface area (Å²) in [6.07, 6.45) is 8.14. The van der Waals surface area contributed by atoms with E-state index in [1.807, 2.05) is 12.2 Å². The number of nitrogens with one attached hydrogen (secondary N) is 1. The van der Waals surface area contributed by atoms with Crippen molar-refractivity contribution in [2.24, 2.45) is 0 Å². The molecular formula is C20H22F2N6O2. The number of hydrogen-bond acceptors (Lipinski definition) is 5. The largest absolute Gasteiger partial charge is 0.339 e. The van der Waals surface area contributed by atoms with Crippen molar-refractivity contribution in [1.29, 1.82) is 0 Å². The third-order valence-electron chi connectivity index (χ3n) is 5.91. The van der Waals surface area contributed by atoms with E-state index in [1.54, 1.807) is 24.2 Å². The smallest absolute Gasteiger partial charge is 0.332 e. The molecule has 0 bridgehead atoms.